The molecule has 0 unspecified atom stereocenters. The molecule has 2 aliphatic heterocycles. The average molecular weight is 470 g/mol. The van der Waals surface area contributed by atoms with Gasteiger partial charge in [-0.3, -0.25) is 9.59 Å². The van der Waals surface area contributed by atoms with Crippen molar-refractivity contribution in [3.63, 3.8) is 0 Å². The number of carbonyl (C=O) groups excluding carboxylic acids is 1. The number of halogens is 2. The number of hydrogen-bond acceptors (Lipinski definition) is 7. The number of fused-ring (bicyclic) bond motifs is 2. The van der Waals surface area contributed by atoms with E-state index in [1.54, 1.807) is 6.07 Å². The number of likely N-dealkylation sites (tertiary alicyclic amines) is 1. The molecule has 11 heteroatoms. The third kappa shape index (κ3) is 4.62. The van der Waals surface area contributed by atoms with E-state index in [9.17, 15) is 18.4 Å². The smallest absolute Gasteiger partial charge is 0.269 e. The maximum absolute atomic E-state index is 14.4. The van der Waals surface area contributed by atoms with E-state index in [4.69, 9.17) is 4.74 Å². The fraction of sp³-hybridized carbons (Fsp3) is 0.391. The quantitative estimate of drug-likeness (QED) is 0.565. The van der Waals surface area contributed by atoms with Gasteiger partial charge in [0.05, 0.1) is 17.4 Å². The van der Waals surface area contributed by atoms with Crippen molar-refractivity contribution in [1.29, 1.82) is 0 Å². The van der Waals surface area contributed by atoms with Gasteiger partial charge in [-0.2, -0.15) is 0 Å². The lowest BCUT2D eigenvalue weighted by Gasteiger charge is -2.32. The summed E-state index contributed by atoms with van der Waals surface area (Å²) in [6.07, 6.45) is 2.95. The number of hydrogen-bond donors (Lipinski definition) is 2. The first kappa shape index (κ1) is 22.4. The lowest BCUT2D eigenvalue weighted by molar-refractivity contribution is -0.118. The van der Waals surface area contributed by atoms with Crippen LogP contribution < -0.4 is 20.9 Å². The highest BCUT2D eigenvalue weighted by molar-refractivity contribution is 5.94. The molecule has 0 saturated carbocycles. The van der Waals surface area contributed by atoms with E-state index in [1.165, 1.54) is 10.6 Å². The molecular formula is C23H24F2N6O3. The second-order valence-electron chi connectivity index (χ2n) is 8.46. The lowest BCUT2D eigenvalue weighted by Crippen LogP contribution is -2.43. The number of ether oxygens (including phenoxy) is 1. The third-order valence-corrected chi connectivity index (χ3v) is 6.23. The normalized spacial score (nSPS) is 16.8. The molecule has 178 valence electrons. The molecule has 2 aliphatic rings. The summed E-state index contributed by atoms with van der Waals surface area (Å²) >= 11 is 0. The summed E-state index contributed by atoms with van der Waals surface area (Å²) in [5, 5.41) is 6.21. The Morgan fingerprint density at radius 3 is 2.76 bits per heavy atom. The molecule has 1 aromatic carbocycles. The van der Waals surface area contributed by atoms with E-state index in [2.05, 4.69) is 25.5 Å². The number of piperidine rings is 1. The van der Waals surface area contributed by atoms with Crippen molar-refractivity contribution in [2.75, 3.05) is 31.6 Å². The second-order valence-corrected chi connectivity index (χ2v) is 8.46. The Morgan fingerprint density at radius 2 is 1.94 bits per heavy atom. The molecule has 34 heavy (non-hydrogen) atoms. The summed E-state index contributed by atoms with van der Waals surface area (Å²) < 4.78 is 34.7. The molecule has 2 N–H and O–H groups in total. The topological polar surface area (TPSA) is 101 Å². The fourth-order valence-electron chi connectivity index (χ4n) is 4.37. The average Bonchev–Trinajstić information content (AvgIpc) is 2.85. The third-order valence-electron chi connectivity index (χ3n) is 6.23. The summed E-state index contributed by atoms with van der Waals surface area (Å²) in [5.74, 6) is -1.25. The first-order chi connectivity index (χ1) is 16.5. The van der Waals surface area contributed by atoms with Crippen LogP contribution in [-0.2, 0) is 17.9 Å². The summed E-state index contributed by atoms with van der Waals surface area (Å²) in [6.45, 7) is 3.00. The van der Waals surface area contributed by atoms with Gasteiger partial charge in [0.2, 0.25) is 0 Å². The van der Waals surface area contributed by atoms with Crippen LogP contribution in [0.4, 0.5) is 14.6 Å². The Morgan fingerprint density at radius 1 is 1.12 bits per heavy atom. The van der Waals surface area contributed by atoms with Gasteiger partial charge in [0.1, 0.15) is 5.52 Å². The van der Waals surface area contributed by atoms with E-state index < -0.39 is 17.2 Å². The largest absolute Gasteiger partial charge is 0.480 e. The predicted octanol–water partition coefficient (Wildman–Crippen LogP) is 1.65. The Kier molecular flexibility index (Phi) is 6.20. The van der Waals surface area contributed by atoms with E-state index in [0.717, 1.165) is 43.9 Å². The van der Waals surface area contributed by atoms with Crippen LogP contribution in [0, 0.1) is 11.6 Å². The molecule has 1 amide bonds. The van der Waals surface area contributed by atoms with Crippen LogP contribution in [0.15, 0.2) is 35.3 Å². The number of amides is 1. The summed E-state index contributed by atoms with van der Waals surface area (Å²) in [6, 6.07) is 6.37. The zero-order valence-corrected chi connectivity index (χ0v) is 18.4. The van der Waals surface area contributed by atoms with Crippen molar-refractivity contribution in [1.82, 2.24) is 24.8 Å². The predicted molar refractivity (Wildman–Crippen MR) is 121 cm³/mol. The molecule has 3 aromatic rings. The molecule has 2 aromatic heterocycles. The van der Waals surface area contributed by atoms with Crippen LogP contribution in [0.2, 0.25) is 0 Å². The molecule has 0 atom stereocenters. The van der Waals surface area contributed by atoms with Gasteiger partial charge < -0.3 is 24.8 Å². The lowest BCUT2D eigenvalue weighted by atomic mass is 10.0. The molecule has 1 saturated heterocycles. The summed E-state index contributed by atoms with van der Waals surface area (Å²) in [5.41, 5.74) is 0.518. The van der Waals surface area contributed by atoms with E-state index in [-0.39, 0.29) is 30.1 Å². The Bertz CT molecular complexity index is 1290. The molecule has 5 rings (SSSR count). The number of anilines is 1. The van der Waals surface area contributed by atoms with E-state index >= 15 is 0 Å². The Balaban J connectivity index is 1.15. The van der Waals surface area contributed by atoms with Crippen molar-refractivity contribution in [3.8, 4) is 5.75 Å². The first-order valence-corrected chi connectivity index (χ1v) is 11.2. The van der Waals surface area contributed by atoms with Crippen LogP contribution in [0.5, 0.6) is 5.75 Å². The van der Waals surface area contributed by atoms with Gasteiger partial charge in [-0.15, -0.1) is 0 Å². The van der Waals surface area contributed by atoms with Crippen LogP contribution >= 0.6 is 0 Å². The van der Waals surface area contributed by atoms with Gasteiger partial charge in [-0.1, -0.05) is 0 Å². The maximum atomic E-state index is 14.4. The molecule has 0 radical (unpaired) electrons. The zero-order chi connectivity index (χ0) is 23.7. The van der Waals surface area contributed by atoms with E-state index in [0.29, 0.717) is 30.7 Å². The van der Waals surface area contributed by atoms with Crippen LogP contribution in [0.3, 0.4) is 0 Å². The highest BCUT2D eigenvalue weighted by Crippen LogP contribution is 2.25. The molecule has 0 bridgehead atoms. The molecule has 9 nitrogen and oxygen atoms in total. The van der Waals surface area contributed by atoms with Crippen LogP contribution in [-0.4, -0.2) is 57.6 Å². The van der Waals surface area contributed by atoms with Crippen molar-refractivity contribution >= 4 is 22.8 Å². The van der Waals surface area contributed by atoms with Gasteiger partial charge in [0.15, 0.2) is 29.8 Å². The van der Waals surface area contributed by atoms with Gasteiger partial charge >= 0.3 is 0 Å². The number of nitrogens with one attached hydrogen (secondary N) is 2. The van der Waals surface area contributed by atoms with Gasteiger partial charge in [-0.25, -0.2) is 18.7 Å². The monoisotopic (exact) mass is 470 g/mol. The number of carbonyl (C=O) groups is 1. The van der Waals surface area contributed by atoms with Crippen molar-refractivity contribution in [3.05, 3.63) is 58.1 Å². The number of nitrogens with zero attached hydrogens (tertiary/aromatic N) is 4. The van der Waals surface area contributed by atoms with Crippen molar-refractivity contribution in [2.24, 2.45) is 0 Å². The maximum Gasteiger partial charge on any atom is 0.269 e. The second kappa shape index (κ2) is 9.43. The summed E-state index contributed by atoms with van der Waals surface area (Å²) in [7, 11) is 0. The minimum Gasteiger partial charge on any atom is -0.480 e. The molecule has 0 aliphatic carbocycles. The summed E-state index contributed by atoms with van der Waals surface area (Å²) in [4.78, 5) is 34.4. The van der Waals surface area contributed by atoms with Crippen LogP contribution in [0.1, 0.15) is 18.5 Å². The fourth-order valence-corrected chi connectivity index (χ4v) is 4.37. The Hall–Kier alpha value is -3.44. The molecular weight excluding hydrogens is 446 g/mol. The number of rotatable bonds is 6. The molecule has 0 spiro atoms. The van der Waals surface area contributed by atoms with E-state index in [1.807, 2.05) is 6.07 Å². The number of pyridine rings is 1. The van der Waals surface area contributed by atoms with Gasteiger partial charge in [-0.05, 0) is 50.2 Å². The highest BCUT2D eigenvalue weighted by atomic mass is 19.2. The van der Waals surface area contributed by atoms with Gasteiger partial charge in [0, 0.05) is 25.7 Å². The van der Waals surface area contributed by atoms with Crippen LogP contribution in [0.25, 0.3) is 11.0 Å². The molecule has 1 fully saturated rings. The molecule has 4 heterocycles. The SMILES string of the molecule is O=C1COc2ccc(CNC3CCN(CCn4c(=O)cnc5ccc(F)c(F)c54)CC3)nc2N1. The Labute approximate surface area is 193 Å². The number of aromatic nitrogens is 3. The highest BCUT2D eigenvalue weighted by Gasteiger charge is 2.21. The van der Waals surface area contributed by atoms with Crippen molar-refractivity contribution < 1.29 is 18.3 Å². The van der Waals surface area contributed by atoms with Crippen molar-refractivity contribution in [2.45, 2.75) is 32.0 Å². The minimum absolute atomic E-state index is 0.00268. The standard InChI is InChI=1S/C23H24F2N6O3/c24-16-2-3-17-22(21(16)25)31(20(33)12-27-17)10-9-30-7-5-14(6-8-30)26-11-15-1-4-18-23(28-15)29-19(32)13-34-18/h1-4,12,14,26H,5-11,13H2,(H,28,29,32). The van der Waals surface area contributed by atoms with Gasteiger partial charge in [0.25, 0.3) is 11.5 Å². The number of benzene rings is 1. The zero-order valence-electron chi connectivity index (χ0n) is 18.4. The first-order valence-electron chi connectivity index (χ1n) is 11.2. The minimum atomic E-state index is -1.05.